The number of rotatable bonds is 5. The van der Waals surface area contributed by atoms with E-state index in [1.165, 1.54) is 30.5 Å². The number of benzene rings is 1. The van der Waals surface area contributed by atoms with Gasteiger partial charge in [-0.1, -0.05) is 11.8 Å². The maximum Gasteiger partial charge on any atom is 0.434 e. The van der Waals surface area contributed by atoms with Gasteiger partial charge in [0.15, 0.2) is 28.9 Å². The van der Waals surface area contributed by atoms with Gasteiger partial charge in [-0.25, -0.2) is 23.4 Å². The molecule has 0 atom stereocenters. The largest absolute Gasteiger partial charge is 0.453 e. The number of halogens is 5. The van der Waals surface area contributed by atoms with Gasteiger partial charge in [0.1, 0.15) is 17.1 Å². The van der Waals surface area contributed by atoms with Crippen LogP contribution in [0.25, 0.3) is 5.82 Å². The van der Waals surface area contributed by atoms with Crippen molar-refractivity contribution < 1.29 is 36.2 Å². The van der Waals surface area contributed by atoms with Crippen molar-refractivity contribution in [3.05, 3.63) is 83.4 Å². The lowest BCUT2D eigenvalue weighted by atomic mass is 10.0. The van der Waals surface area contributed by atoms with Crippen molar-refractivity contribution >= 4 is 17.4 Å². The van der Waals surface area contributed by atoms with Crippen molar-refractivity contribution in [2.24, 2.45) is 5.92 Å². The number of hydrogen-bond acceptors (Lipinski definition) is 7. The number of alkyl halides is 3. The highest BCUT2D eigenvalue weighted by molar-refractivity contribution is 6.05. The van der Waals surface area contributed by atoms with Gasteiger partial charge in [0.25, 0.3) is 5.91 Å². The Morgan fingerprint density at radius 1 is 1.07 bits per heavy atom. The Bertz CT molecular complexity index is 1690. The molecule has 216 valence electrons. The average Bonchev–Trinajstić information content (AvgIpc) is 3.41. The quantitative estimate of drug-likeness (QED) is 0.240. The Labute approximate surface area is 235 Å². The number of aromatic nitrogens is 4. The van der Waals surface area contributed by atoms with Crippen LogP contribution < -0.4 is 15.8 Å². The van der Waals surface area contributed by atoms with Gasteiger partial charge in [0.05, 0.1) is 11.8 Å². The molecule has 3 aromatic heterocycles. The number of amides is 1. The second kappa shape index (κ2) is 11.8. The summed E-state index contributed by atoms with van der Waals surface area (Å²) in [7, 11) is 0. The molecular weight excluding hydrogens is 563 g/mol. The molecule has 1 amide bonds. The van der Waals surface area contributed by atoms with E-state index in [1.807, 2.05) is 0 Å². The third kappa shape index (κ3) is 6.16. The molecule has 1 fully saturated rings. The zero-order chi connectivity index (χ0) is 29.9. The minimum absolute atomic E-state index is 0.0861. The van der Waals surface area contributed by atoms with E-state index in [1.54, 1.807) is 0 Å². The second-order valence-corrected chi connectivity index (χ2v) is 9.05. The van der Waals surface area contributed by atoms with Crippen LogP contribution in [0.2, 0.25) is 0 Å². The second-order valence-electron chi connectivity index (χ2n) is 9.05. The number of nitrogen functional groups attached to an aromatic ring is 1. The van der Waals surface area contributed by atoms with Crippen molar-refractivity contribution in [1.82, 2.24) is 19.7 Å². The maximum atomic E-state index is 15.0. The zero-order valence-electron chi connectivity index (χ0n) is 21.6. The molecule has 0 radical (unpaired) electrons. The van der Waals surface area contributed by atoms with E-state index in [4.69, 9.17) is 15.2 Å². The zero-order valence-corrected chi connectivity index (χ0v) is 21.6. The number of pyridine rings is 2. The van der Waals surface area contributed by atoms with Gasteiger partial charge in [0, 0.05) is 49.3 Å². The van der Waals surface area contributed by atoms with E-state index in [0.717, 1.165) is 31.2 Å². The van der Waals surface area contributed by atoms with Crippen molar-refractivity contribution in [2.45, 2.75) is 19.0 Å². The summed E-state index contributed by atoms with van der Waals surface area (Å²) in [6, 6.07) is 6.81. The molecule has 1 aliphatic heterocycles. The molecule has 4 aromatic rings. The summed E-state index contributed by atoms with van der Waals surface area (Å²) in [5.74, 6) is 2.11. The third-order valence-electron chi connectivity index (χ3n) is 6.20. The summed E-state index contributed by atoms with van der Waals surface area (Å²) in [6.45, 7) is 1.20. The van der Waals surface area contributed by atoms with Crippen LogP contribution in [-0.2, 0) is 10.9 Å². The molecule has 4 heterocycles. The van der Waals surface area contributed by atoms with Crippen LogP contribution in [0.1, 0.15) is 34.5 Å². The number of nitrogens with two attached hydrogens (primary N) is 1. The first-order valence-corrected chi connectivity index (χ1v) is 12.5. The molecule has 0 spiro atoms. The van der Waals surface area contributed by atoms with E-state index in [9.17, 15) is 22.4 Å². The molecule has 3 N–H and O–H groups in total. The van der Waals surface area contributed by atoms with Gasteiger partial charge >= 0.3 is 6.18 Å². The molecule has 1 aromatic carbocycles. The fourth-order valence-corrected chi connectivity index (χ4v) is 4.15. The van der Waals surface area contributed by atoms with Crippen molar-refractivity contribution in [3.63, 3.8) is 0 Å². The highest BCUT2D eigenvalue weighted by atomic mass is 19.4. The summed E-state index contributed by atoms with van der Waals surface area (Å²) in [4.78, 5) is 20.4. The van der Waals surface area contributed by atoms with Crippen LogP contribution in [-0.4, -0.2) is 38.9 Å². The van der Waals surface area contributed by atoms with E-state index < -0.39 is 40.8 Å². The Balaban J connectivity index is 1.37. The molecule has 42 heavy (non-hydrogen) atoms. The number of carbonyl (C=O) groups excluding carboxylic acids is 1. The van der Waals surface area contributed by atoms with Crippen molar-refractivity contribution in [2.75, 3.05) is 24.3 Å². The fraction of sp³-hybridized carbons (Fsp3) is 0.214. The summed E-state index contributed by atoms with van der Waals surface area (Å²) in [5, 5.41) is 5.72. The summed E-state index contributed by atoms with van der Waals surface area (Å²) < 4.78 is 82.1. The molecule has 5 rings (SSSR count). The SMILES string of the molecule is Nc1nccc(Oc2ccc(NC(=O)c3cnn(-c4ncccc4F)c3C(F)(F)F)cc2F)c1C#CC1CCOCC1. The van der Waals surface area contributed by atoms with Crippen LogP contribution in [0.3, 0.4) is 0 Å². The standard InChI is InChI=1S/C28H21F5N6O3/c29-20-2-1-10-36-26(20)39-24(28(31,32)33)19(15-37-39)27(40)38-17-4-6-23(21(30)14-17)42-22-7-11-35-25(34)18(22)5-3-16-8-12-41-13-9-16/h1-2,4,6-7,10-11,14-16H,8-9,12-13H2,(H2,34,35)(H,38,40). The van der Waals surface area contributed by atoms with Crippen molar-refractivity contribution in [3.8, 4) is 29.2 Å². The summed E-state index contributed by atoms with van der Waals surface area (Å²) in [6.07, 6.45) is -0.516. The van der Waals surface area contributed by atoms with Crippen LogP contribution in [0.5, 0.6) is 11.5 Å². The Morgan fingerprint density at radius 3 is 2.57 bits per heavy atom. The minimum atomic E-state index is -5.10. The molecule has 9 nitrogen and oxygen atoms in total. The molecule has 1 saturated heterocycles. The molecular formula is C28H21F5N6O3. The summed E-state index contributed by atoms with van der Waals surface area (Å²) in [5.41, 5.74) is 3.59. The smallest absolute Gasteiger partial charge is 0.434 e. The number of anilines is 2. The first kappa shape index (κ1) is 28.5. The van der Waals surface area contributed by atoms with E-state index >= 15 is 4.39 Å². The fourth-order valence-electron chi connectivity index (χ4n) is 4.15. The number of ether oxygens (including phenoxy) is 2. The highest BCUT2D eigenvalue weighted by Gasteiger charge is 2.41. The molecule has 0 aliphatic carbocycles. The van der Waals surface area contributed by atoms with Crippen molar-refractivity contribution in [1.29, 1.82) is 0 Å². The highest BCUT2D eigenvalue weighted by Crippen LogP contribution is 2.35. The lowest BCUT2D eigenvalue weighted by molar-refractivity contribution is -0.143. The number of nitrogens with zero attached hydrogens (tertiary/aromatic N) is 4. The van der Waals surface area contributed by atoms with Crippen LogP contribution in [0, 0.1) is 29.4 Å². The molecule has 0 unspecified atom stereocenters. The average molecular weight is 585 g/mol. The lowest BCUT2D eigenvalue weighted by Gasteiger charge is -2.16. The van der Waals surface area contributed by atoms with Gasteiger partial charge in [0.2, 0.25) is 0 Å². The Morgan fingerprint density at radius 2 is 1.86 bits per heavy atom. The van der Waals surface area contributed by atoms with Gasteiger partial charge in [-0.3, -0.25) is 4.79 Å². The van der Waals surface area contributed by atoms with E-state index in [2.05, 4.69) is 32.2 Å². The summed E-state index contributed by atoms with van der Waals surface area (Å²) >= 11 is 0. The monoisotopic (exact) mass is 584 g/mol. The van der Waals surface area contributed by atoms with E-state index in [-0.39, 0.29) is 39.2 Å². The van der Waals surface area contributed by atoms with Gasteiger partial charge in [-0.15, -0.1) is 0 Å². The van der Waals surface area contributed by atoms with E-state index in [0.29, 0.717) is 19.4 Å². The molecule has 14 heteroatoms. The Kier molecular flexibility index (Phi) is 8.03. The first-order valence-electron chi connectivity index (χ1n) is 12.5. The topological polar surface area (TPSA) is 117 Å². The third-order valence-corrected chi connectivity index (χ3v) is 6.20. The number of carbonyl (C=O) groups is 1. The lowest BCUT2D eigenvalue weighted by Crippen LogP contribution is -2.21. The van der Waals surface area contributed by atoms with Gasteiger partial charge < -0.3 is 20.5 Å². The predicted molar refractivity (Wildman–Crippen MR) is 140 cm³/mol. The first-order chi connectivity index (χ1) is 20.1. The minimum Gasteiger partial charge on any atom is -0.453 e. The maximum absolute atomic E-state index is 15.0. The molecule has 0 saturated carbocycles. The van der Waals surface area contributed by atoms with Crippen LogP contribution >= 0.6 is 0 Å². The molecule has 0 bridgehead atoms. The normalized spacial score (nSPS) is 13.7. The van der Waals surface area contributed by atoms with Crippen LogP contribution in [0.15, 0.2) is 55.0 Å². The van der Waals surface area contributed by atoms with Gasteiger partial charge in [-0.2, -0.15) is 18.3 Å². The van der Waals surface area contributed by atoms with Gasteiger partial charge in [-0.05, 0) is 37.1 Å². The number of hydrogen-bond donors (Lipinski definition) is 2. The predicted octanol–water partition coefficient (Wildman–Crippen LogP) is 5.36. The number of nitrogens with one attached hydrogen (secondary N) is 1. The molecule has 1 aliphatic rings. The Hall–Kier alpha value is -5.03. The van der Waals surface area contributed by atoms with Crippen LogP contribution in [0.4, 0.5) is 33.5 Å².